The van der Waals surface area contributed by atoms with Crippen molar-refractivity contribution in [3.8, 4) is 11.5 Å². The Morgan fingerprint density at radius 3 is 2.78 bits per heavy atom. The van der Waals surface area contributed by atoms with E-state index in [1.807, 2.05) is 42.3 Å². The number of methoxy groups -OCH3 is 1. The number of hydrogen-bond donors (Lipinski definition) is 2. The standard InChI is InChI=1S/C21H26N2O4/c1-23(10-11-24)18-8-6-16(7-9-18)21(25)22-13-15-12-17-4-3-5-19(26-2)20(17)27-14-15/h3-9,15,24H,10-14H2,1-2H3,(H,22,25)/t15-/m0/s1. The second kappa shape index (κ2) is 8.77. The normalized spacial score (nSPS) is 15.4. The SMILES string of the molecule is COc1cccc2c1OC[C@H](CNC(=O)c1ccc(N(C)CCO)cc1)C2. The van der Waals surface area contributed by atoms with Gasteiger partial charge >= 0.3 is 0 Å². The number of likely N-dealkylation sites (N-methyl/N-ethyl adjacent to an activating group) is 1. The zero-order valence-corrected chi connectivity index (χ0v) is 15.8. The van der Waals surface area contributed by atoms with Crippen molar-refractivity contribution < 1.29 is 19.4 Å². The van der Waals surface area contributed by atoms with Crippen LogP contribution in [0.5, 0.6) is 11.5 Å². The molecule has 6 heteroatoms. The van der Waals surface area contributed by atoms with E-state index >= 15 is 0 Å². The highest BCUT2D eigenvalue weighted by atomic mass is 16.5. The Bertz CT molecular complexity index is 776. The molecule has 0 fully saturated rings. The lowest BCUT2D eigenvalue weighted by Gasteiger charge is -2.26. The van der Waals surface area contributed by atoms with E-state index in [1.165, 1.54) is 0 Å². The molecule has 1 atom stereocenters. The molecule has 2 N–H and O–H groups in total. The largest absolute Gasteiger partial charge is 0.493 e. The molecular weight excluding hydrogens is 344 g/mol. The van der Waals surface area contributed by atoms with E-state index in [-0.39, 0.29) is 18.4 Å². The minimum atomic E-state index is -0.0946. The maximum atomic E-state index is 12.4. The summed E-state index contributed by atoms with van der Waals surface area (Å²) >= 11 is 0. The van der Waals surface area contributed by atoms with E-state index in [0.717, 1.165) is 29.2 Å². The van der Waals surface area contributed by atoms with E-state index in [9.17, 15) is 4.79 Å². The molecule has 1 amide bonds. The number of ether oxygens (including phenoxy) is 2. The third-order valence-corrected chi connectivity index (χ3v) is 4.81. The first kappa shape index (κ1) is 19.0. The van der Waals surface area contributed by atoms with Crippen LogP contribution in [-0.4, -0.2) is 51.5 Å². The zero-order valence-electron chi connectivity index (χ0n) is 15.8. The lowest BCUT2D eigenvalue weighted by atomic mass is 9.96. The first-order valence-electron chi connectivity index (χ1n) is 9.11. The van der Waals surface area contributed by atoms with Gasteiger partial charge in [0.15, 0.2) is 11.5 Å². The monoisotopic (exact) mass is 370 g/mol. The van der Waals surface area contributed by atoms with E-state index in [1.54, 1.807) is 19.2 Å². The third-order valence-electron chi connectivity index (χ3n) is 4.81. The molecular formula is C21H26N2O4. The Morgan fingerprint density at radius 2 is 2.07 bits per heavy atom. The van der Waals surface area contributed by atoms with E-state index in [2.05, 4.69) is 5.32 Å². The van der Waals surface area contributed by atoms with Gasteiger partial charge in [-0.15, -0.1) is 0 Å². The molecule has 1 aliphatic heterocycles. The van der Waals surface area contributed by atoms with Crippen molar-refractivity contribution in [3.63, 3.8) is 0 Å². The fourth-order valence-corrected chi connectivity index (χ4v) is 3.23. The molecule has 144 valence electrons. The van der Waals surface area contributed by atoms with Gasteiger partial charge in [0.1, 0.15) is 0 Å². The molecule has 2 aromatic carbocycles. The van der Waals surface area contributed by atoms with Crippen LogP contribution in [-0.2, 0) is 6.42 Å². The van der Waals surface area contributed by atoms with E-state index in [4.69, 9.17) is 14.6 Å². The minimum Gasteiger partial charge on any atom is -0.493 e. The van der Waals surface area contributed by atoms with Crippen molar-refractivity contribution >= 4 is 11.6 Å². The topological polar surface area (TPSA) is 71.0 Å². The number of anilines is 1. The van der Waals surface area contributed by atoms with Gasteiger partial charge in [-0.2, -0.15) is 0 Å². The van der Waals surface area contributed by atoms with Crippen LogP contribution >= 0.6 is 0 Å². The quantitative estimate of drug-likeness (QED) is 0.781. The molecule has 0 unspecified atom stereocenters. The number of nitrogens with zero attached hydrogens (tertiary/aromatic N) is 1. The van der Waals surface area contributed by atoms with E-state index in [0.29, 0.717) is 25.3 Å². The molecule has 0 saturated heterocycles. The Kier molecular flexibility index (Phi) is 6.19. The number of carbonyl (C=O) groups is 1. The number of benzene rings is 2. The molecule has 1 heterocycles. The van der Waals surface area contributed by atoms with Crippen LogP contribution in [0.4, 0.5) is 5.69 Å². The Balaban J connectivity index is 1.55. The molecule has 0 spiro atoms. The zero-order chi connectivity index (χ0) is 19.2. The second-order valence-electron chi connectivity index (χ2n) is 6.73. The van der Waals surface area contributed by atoms with Gasteiger partial charge in [-0.25, -0.2) is 0 Å². The van der Waals surface area contributed by atoms with Gasteiger partial charge in [0.25, 0.3) is 5.91 Å². The predicted octanol–water partition coefficient (Wildman–Crippen LogP) is 2.10. The molecule has 0 saturated carbocycles. The van der Waals surface area contributed by atoms with Gasteiger partial charge in [-0.05, 0) is 42.3 Å². The summed E-state index contributed by atoms with van der Waals surface area (Å²) in [7, 11) is 3.54. The minimum absolute atomic E-state index is 0.0944. The van der Waals surface area contributed by atoms with Gasteiger partial charge in [0.05, 0.1) is 20.3 Å². The number of carbonyl (C=O) groups excluding carboxylic acids is 1. The van der Waals surface area contributed by atoms with Crippen molar-refractivity contribution in [2.45, 2.75) is 6.42 Å². The molecule has 2 aromatic rings. The van der Waals surface area contributed by atoms with Crippen LogP contribution in [0, 0.1) is 5.92 Å². The molecule has 3 rings (SSSR count). The molecule has 27 heavy (non-hydrogen) atoms. The fourth-order valence-electron chi connectivity index (χ4n) is 3.23. The van der Waals surface area contributed by atoms with Crippen LogP contribution in [0.3, 0.4) is 0 Å². The maximum absolute atomic E-state index is 12.4. The fraction of sp³-hybridized carbons (Fsp3) is 0.381. The molecule has 6 nitrogen and oxygen atoms in total. The molecule has 0 bridgehead atoms. The maximum Gasteiger partial charge on any atom is 0.251 e. The van der Waals surface area contributed by atoms with Crippen LogP contribution in [0.25, 0.3) is 0 Å². The highest BCUT2D eigenvalue weighted by Crippen LogP contribution is 2.35. The number of aliphatic hydroxyl groups excluding tert-OH is 1. The number of aliphatic hydroxyl groups is 1. The first-order chi connectivity index (χ1) is 13.1. The number of nitrogens with one attached hydrogen (secondary N) is 1. The number of para-hydroxylation sites is 1. The number of amides is 1. The van der Waals surface area contributed by atoms with Gasteiger partial charge in [-0.3, -0.25) is 4.79 Å². The Hall–Kier alpha value is -2.73. The third kappa shape index (κ3) is 4.52. The van der Waals surface area contributed by atoms with Crippen LogP contribution < -0.4 is 19.7 Å². The smallest absolute Gasteiger partial charge is 0.251 e. The summed E-state index contributed by atoms with van der Waals surface area (Å²) in [5.41, 5.74) is 2.69. The van der Waals surface area contributed by atoms with Gasteiger partial charge in [0.2, 0.25) is 0 Å². The van der Waals surface area contributed by atoms with Gasteiger partial charge in [-0.1, -0.05) is 12.1 Å². The van der Waals surface area contributed by atoms with Crippen LogP contribution in [0.1, 0.15) is 15.9 Å². The summed E-state index contributed by atoms with van der Waals surface area (Å²) in [4.78, 5) is 14.4. The average Bonchev–Trinajstić information content (AvgIpc) is 2.71. The van der Waals surface area contributed by atoms with E-state index < -0.39 is 0 Å². The van der Waals surface area contributed by atoms with Crippen molar-refractivity contribution in [2.75, 3.05) is 45.4 Å². The Morgan fingerprint density at radius 1 is 1.30 bits per heavy atom. The lowest BCUT2D eigenvalue weighted by molar-refractivity contribution is 0.0938. The van der Waals surface area contributed by atoms with Gasteiger partial charge < -0.3 is 24.8 Å². The van der Waals surface area contributed by atoms with Crippen molar-refractivity contribution in [2.24, 2.45) is 5.92 Å². The number of fused-ring (bicyclic) bond motifs is 1. The average molecular weight is 370 g/mol. The van der Waals surface area contributed by atoms with Crippen molar-refractivity contribution in [3.05, 3.63) is 53.6 Å². The highest BCUT2D eigenvalue weighted by molar-refractivity contribution is 5.94. The predicted molar refractivity (Wildman–Crippen MR) is 105 cm³/mol. The molecule has 0 aromatic heterocycles. The molecule has 0 aliphatic carbocycles. The van der Waals surface area contributed by atoms with Gasteiger partial charge in [0, 0.05) is 37.3 Å². The summed E-state index contributed by atoms with van der Waals surface area (Å²) in [6, 6.07) is 13.3. The van der Waals surface area contributed by atoms with Crippen molar-refractivity contribution in [1.29, 1.82) is 0 Å². The van der Waals surface area contributed by atoms with Crippen molar-refractivity contribution in [1.82, 2.24) is 5.32 Å². The Labute approximate surface area is 159 Å². The number of hydrogen-bond acceptors (Lipinski definition) is 5. The molecule has 1 aliphatic rings. The number of rotatable bonds is 7. The summed E-state index contributed by atoms with van der Waals surface area (Å²) in [6.45, 7) is 1.76. The first-order valence-corrected chi connectivity index (χ1v) is 9.11. The summed E-state index contributed by atoms with van der Waals surface area (Å²) in [5, 5.41) is 12.0. The van der Waals surface area contributed by atoms with Crippen LogP contribution in [0.2, 0.25) is 0 Å². The lowest BCUT2D eigenvalue weighted by Crippen LogP contribution is -2.34. The van der Waals surface area contributed by atoms with Crippen LogP contribution in [0.15, 0.2) is 42.5 Å². The molecule has 0 radical (unpaired) electrons. The second-order valence-corrected chi connectivity index (χ2v) is 6.73. The summed E-state index contributed by atoms with van der Waals surface area (Å²) in [5.74, 6) is 1.69. The summed E-state index contributed by atoms with van der Waals surface area (Å²) in [6.07, 6.45) is 0.845. The summed E-state index contributed by atoms with van der Waals surface area (Å²) < 4.78 is 11.2. The highest BCUT2D eigenvalue weighted by Gasteiger charge is 2.23.